The van der Waals surface area contributed by atoms with Gasteiger partial charge in [-0.25, -0.2) is 4.79 Å². The number of nitrogens with two attached hydrogens (primary N) is 2. The molecule has 0 radical (unpaired) electrons. The van der Waals surface area contributed by atoms with E-state index in [2.05, 4.69) is 28.6 Å². The first-order chi connectivity index (χ1) is 13.4. The molecule has 0 aliphatic rings. The average Bonchev–Trinajstić information content (AvgIpc) is 2.62. The maximum absolute atomic E-state index is 12.5. The summed E-state index contributed by atoms with van der Waals surface area (Å²) in [6, 6.07) is -4.21. The van der Waals surface area contributed by atoms with E-state index >= 15 is 0 Å². The molecular formula is C17H31N5O6S. The fraction of sp³-hybridized carbons (Fsp3) is 0.706. The van der Waals surface area contributed by atoms with Crippen molar-refractivity contribution in [1.29, 1.82) is 0 Å². The first-order valence-electron chi connectivity index (χ1n) is 9.17. The summed E-state index contributed by atoms with van der Waals surface area (Å²) in [5.41, 5.74) is 10.6. The van der Waals surface area contributed by atoms with Crippen molar-refractivity contribution in [2.24, 2.45) is 17.4 Å². The molecule has 0 aliphatic carbocycles. The maximum atomic E-state index is 12.5. The van der Waals surface area contributed by atoms with Crippen LogP contribution in [0.25, 0.3) is 0 Å². The summed E-state index contributed by atoms with van der Waals surface area (Å²) in [5.74, 6) is -3.77. The van der Waals surface area contributed by atoms with E-state index in [1.54, 1.807) is 0 Å². The lowest BCUT2D eigenvalue weighted by atomic mass is 10.0. The van der Waals surface area contributed by atoms with Gasteiger partial charge in [0.2, 0.25) is 23.6 Å². The van der Waals surface area contributed by atoms with Crippen molar-refractivity contribution < 1.29 is 29.1 Å². The van der Waals surface area contributed by atoms with Gasteiger partial charge in [-0.3, -0.25) is 19.2 Å². The molecular weight excluding hydrogens is 402 g/mol. The quantitative estimate of drug-likeness (QED) is 0.165. The van der Waals surface area contributed by atoms with Crippen molar-refractivity contribution >= 4 is 42.2 Å². The number of hydrogen-bond acceptors (Lipinski definition) is 7. The number of carbonyl (C=O) groups is 5. The molecule has 166 valence electrons. The van der Waals surface area contributed by atoms with Crippen LogP contribution in [0.1, 0.15) is 40.0 Å². The molecule has 4 amide bonds. The molecule has 0 aromatic rings. The van der Waals surface area contributed by atoms with Gasteiger partial charge in [0.05, 0.1) is 6.04 Å². The topological polar surface area (TPSA) is 194 Å². The molecule has 4 unspecified atom stereocenters. The Bertz CT molecular complexity index is 615. The van der Waals surface area contributed by atoms with Crippen LogP contribution in [0, 0.1) is 5.92 Å². The van der Waals surface area contributed by atoms with Crippen molar-refractivity contribution in [3.05, 3.63) is 0 Å². The highest BCUT2D eigenvalue weighted by Gasteiger charge is 2.28. The normalized spacial score (nSPS) is 15.0. The molecule has 0 aromatic carbocycles. The summed E-state index contributed by atoms with van der Waals surface area (Å²) in [6.07, 6.45) is -0.0852. The van der Waals surface area contributed by atoms with Crippen LogP contribution >= 0.6 is 12.6 Å². The Morgan fingerprint density at radius 2 is 1.48 bits per heavy atom. The van der Waals surface area contributed by atoms with Crippen molar-refractivity contribution in [1.82, 2.24) is 16.0 Å². The highest BCUT2D eigenvalue weighted by molar-refractivity contribution is 7.80. The molecule has 0 bridgehead atoms. The van der Waals surface area contributed by atoms with Crippen LogP contribution in [0.2, 0.25) is 0 Å². The molecule has 0 aromatic heterocycles. The van der Waals surface area contributed by atoms with Gasteiger partial charge in [-0.2, -0.15) is 12.6 Å². The number of aliphatic carboxylic acids is 1. The van der Waals surface area contributed by atoms with Crippen LogP contribution in [0.3, 0.4) is 0 Å². The smallest absolute Gasteiger partial charge is 0.326 e. The summed E-state index contributed by atoms with van der Waals surface area (Å²) >= 11 is 3.94. The SMILES string of the molecule is CC(C)CC(NC(=O)C(N)CS)C(=O)NC(C)C(=O)NC(CCC(N)=O)C(=O)O. The number of carboxylic acid groups (broad SMARTS) is 1. The monoisotopic (exact) mass is 433 g/mol. The number of primary amides is 1. The van der Waals surface area contributed by atoms with Crippen molar-refractivity contribution in [2.75, 3.05) is 5.75 Å². The van der Waals surface area contributed by atoms with E-state index in [0.29, 0.717) is 6.42 Å². The van der Waals surface area contributed by atoms with E-state index in [1.165, 1.54) is 6.92 Å². The van der Waals surface area contributed by atoms with Gasteiger partial charge in [0.1, 0.15) is 18.1 Å². The average molecular weight is 434 g/mol. The number of carbonyl (C=O) groups excluding carboxylic acids is 4. The van der Waals surface area contributed by atoms with Crippen molar-refractivity contribution in [2.45, 2.75) is 64.2 Å². The Morgan fingerprint density at radius 1 is 0.931 bits per heavy atom. The minimum Gasteiger partial charge on any atom is -0.480 e. The number of hydrogen-bond donors (Lipinski definition) is 7. The Hall–Kier alpha value is -2.34. The minimum atomic E-state index is -1.33. The number of nitrogens with one attached hydrogen (secondary N) is 3. The van der Waals surface area contributed by atoms with E-state index < -0.39 is 53.8 Å². The van der Waals surface area contributed by atoms with Crippen LogP contribution in [-0.2, 0) is 24.0 Å². The van der Waals surface area contributed by atoms with Gasteiger partial charge in [0.15, 0.2) is 0 Å². The highest BCUT2D eigenvalue weighted by atomic mass is 32.1. The third-order valence-corrected chi connectivity index (χ3v) is 4.31. The third-order valence-electron chi connectivity index (χ3n) is 3.92. The van der Waals surface area contributed by atoms with Crippen molar-refractivity contribution in [3.8, 4) is 0 Å². The van der Waals surface area contributed by atoms with E-state index in [1.807, 2.05) is 13.8 Å². The lowest BCUT2D eigenvalue weighted by molar-refractivity contribution is -0.142. The first-order valence-corrected chi connectivity index (χ1v) is 9.80. The van der Waals surface area contributed by atoms with Gasteiger partial charge in [0.25, 0.3) is 0 Å². The Labute approximate surface area is 175 Å². The molecule has 0 spiro atoms. The van der Waals surface area contributed by atoms with Crippen LogP contribution in [0.5, 0.6) is 0 Å². The predicted octanol–water partition coefficient (Wildman–Crippen LogP) is -1.89. The first kappa shape index (κ1) is 26.7. The number of thiol groups is 1. The van der Waals surface area contributed by atoms with Gasteiger partial charge in [-0.05, 0) is 25.7 Å². The van der Waals surface area contributed by atoms with Crippen LogP contribution in [-0.4, -0.2) is 64.6 Å². The largest absolute Gasteiger partial charge is 0.480 e. The van der Waals surface area contributed by atoms with Crippen LogP contribution < -0.4 is 27.4 Å². The molecule has 29 heavy (non-hydrogen) atoms. The zero-order valence-corrected chi connectivity index (χ0v) is 17.7. The molecule has 0 heterocycles. The van der Waals surface area contributed by atoms with Crippen molar-refractivity contribution in [3.63, 3.8) is 0 Å². The lowest BCUT2D eigenvalue weighted by Crippen LogP contribution is -2.56. The molecule has 11 nitrogen and oxygen atoms in total. The van der Waals surface area contributed by atoms with Gasteiger partial charge in [-0.1, -0.05) is 13.8 Å². The second-order valence-corrected chi connectivity index (χ2v) is 7.48. The molecule has 0 rings (SSSR count). The number of rotatable bonds is 13. The highest BCUT2D eigenvalue weighted by Crippen LogP contribution is 2.06. The maximum Gasteiger partial charge on any atom is 0.326 e. The number of amides is 4. The second-order valence-electron chi connectivity index (χ2n) is 7.11. The lowest BCUT2D eigenvalue weighted by Gasteiger charge is -2.24. The summed E-state index contributed by atoms with van der Waals surface area (Å²) in [5, 5.41) is 16.4. The van der Waals surface area contributed by atoms with E-state index in [0.717, 1.165) is 0 Å². The van der Waals surface area contributed by atoms with E-state index in [9.17, 15) is 24.0 Å². The Kier molecular flexibility index (Phi) is 11.9. The Morgan fingerprint density at radius 3 is 1.93 bits per heavy atom. The zero-order chi connectivity index (χ0) is 22.7. The number of carboxylic acids is 1. The van der Waals surface area contributed by atoms with Gasteiger partial charge < -0.3 is 32.5 Å². The molecule has 0 fully saturated rings. The van der Waals surface area contributed by atoms with Crippen LogP contribution in [0.4, 0.5) is 0 Å². The fourth-order valence-corrected chi connectivity index (χ4v) is 2.45. The second kappa shape index (κ2) is 13.0. The van der Waals surface area contributed by atoms with E-state index in [-0.39, 0.29) is 24.5 Å². The van der Waals surface area contributed by atoms with Crippen LogP contribution in [0.15, 0.2) is 0 Å². The molecule has 4 atom stereocenters. The molecule has 0 saturated carbocycles. The Balaban J connectivity index is 5.00. The summed E-state index contributed by atoms with van der Waals surface area (Å²) in [4.78, 5) is 58.8. The summed E-state index contributed by atoms with van der Waals surface area (Å²) < 4.78 is 0. The predicted molar refractivity (Wildman–Crippen MR) is 109 cm³/mol. The fourth-order valence-electron chi connectivity index (χ4n) is 2.28. The molecule has 8 N–H and O–H groups in total. The minimum absolute atomic E-state index is 0.0626. The molecule has 0 saturated heterocycles. The van der Waals surface area contributed by atoms with Gasteiger partial charge in [-0.15, -0.1) is 0 Å². The molecule has 0 aliphatic heterocycles. The summed E-state index contributed by atoms with van der Waals surface area (Å²) in [7, 11) is 0. The van der Waals surface area contributed by atoms with Gasteiger partial charge in [0, 0.05) is 12.2 Å². The molecule has 12 heteroatoms. The van der Waals surface area contributed by atoms with E-state index in [4.69, 9.17) is 16.6 Å². The van der Waals surface area contributed by atoms with Gasteiger partial charge >= 0.3 is 5.97 Å². The third kappa shape index (κ3) is 10.7. The zero-order valence-electron chi connectivity index (χ0n) is 16.8. The summed E-state index contributed by atoms with van der Waals surface area (Å²) in [6.45, 7) is 5.09. The standard InChI is InChI=1S/C17H31N5O6S/c1-8(2)6-12(22-15(25)10(18)7-29)16(26)20-9(3)14(24)21-11(17(27)28)4-5-13(19)23/h8-12,29H,4-7,18H2,1-3H3,(H2,19,23)(H,20,26)(H,21,24)(H,22,25)(H,27,28).